The van der Waals surface area contributed by atoms with Crippen molar-refractivity contribution in [2.45, 2.75) is 12.5 Å². The maximum Gasteiger partial charge on any atom is 0.295 e. The zero-order valence-corrected chi connectivity index (χ0v) is 19.4. The van der Waals surface area contributed by atoms with Crippen LogP contribution in [0.25, 0.3) is 5.76 Å². The predicted octanol–water partition coefficient (Wildman–Crippen LogP) is 2.24. The summed E-state index contributed by atoms with van der Waals surface area (Å²) in [6.07, 6.45) is 3.74. The summed E-state index contributed by atoms with van der Waals surface area (Å²) < 4.78 is 16.2. The van der Waals surface area contributed by atoms with Gasteiger partial charge < -0.3 is 24.2 Å². The maximum atomic E-state index is 13.1. The summed E-state index contributed by atoms with van der Waals surface area (Å²) >= 11 is 0. The molecule has 0 unspecified atom stereocenters. The number of aliphatic hydroxyl groups is 1. The zero-order chi connectivity index (χ0) is 24.1. The number of carbonyl (C=O) groups is 2. The number of Topliss-reactive ketones (excluding diaryl/α,β-unsaturated/α-hetero) is 1. The summed E-state index contributed by atoms with van der Waals surface area (Å²) in [4.78, 5) is 34.1. The first kappa shape index (κ1) is 23.7. The average molecular weight is 468 g/mol. The van der Waals surface area contributed by atoms with Gasteiger partial charge in [0.15, 0.2) is 11.5 Å². The lowest BCUT2D eigenvalue weighted by Crippen LogP contribution is -2.38. The van der Waals surface area contributed by atoms with Gasteiger partial charge in [0.25, 0.3) is 11.7 Å². The molecule has 3 heterocycles. The van der Waals surface area contributed by atoms with Crippen molar-refractivity contribution in [2.75, 3.05) is 53.6 Å². The van der Waals surface area contributed by atoms with Crippen molar-refractivity contribution in [3.63, 3.8) is 0 Å². The second-order valence-electron chi connectivity index (χ2n) is 8.15. The molecule has 4 rings (SSSR count). The molecule has 2 aliphatic rings. The van der Waals surface area contributed by atoms with E-state index in [1.807, 2.05) is 0 Å². The van der Waals surface area contributed by atoms with Crippen molar-refractivity contribution < 1.29 is 28.9 Å². The number of morpholine rings is 1. The molecule has 9 nitrogen and oxygen atoms in total. The van der Waals surface area contributed by atoms with Gasteiger partial charge in [-0.3, -0.25) is 19.5 Å². The fourth-order valence-corrected chi connectivity index (χ4v) is 4.43. The molecule has 1 aromatic heterocycles. The fraction of sp³-hybridized carbons (Fsp3) is 0.400. The molecule has 0 bridgehead atoms. The highest BCUT2D eigenvalue weighted by Crippen LogP contribution is 2.41. The minimum atomic E-state index is -0.752. The van der Waals surface area contributed by atoms with Crippen LogP contribution < -0.4 is 9.47 Å². The molecule has 34 heavy (non-hydrogen) atoms. The molecule has 1 atom stereocenters. The van der Waals surface area contributed by atoms with E-state index in [4.69, 9.17) is 14.2 Å². The molecule has 0 aliphatic carbocycles. The molecule has 1 aromatic carbocycles. The lowest BCUT2D eigenvalue weighted by Gasteiger charge is -2.29. The third-order valence-electron chi connectivity index (χ3n) is 6.19. The number of ether oxygens (including phenoxy) is 3. The van der Waals surface area contributed by atoms with Crippen molar-refractivity contribution in [1.82, 2.24) is 14.8 Å². The highest BCUT2D eigenvalue weighted by molar-refractivity contribution is 6.46. The van der Waals surface area contributed by atoms with Crippen LogP contribution in [0.5, 0.6) is 11.5 Å². The fourth-order valence-electron chi connectivity index (χ4n) is 4.43. The van der Waals surface area contributed by atoms with Crippen LogP contribution in [-0.2, 0) is 14.3 Å². The largest absolute Gasteiger partial charge is 0.507 e. The molecule has 2 aromatic rings. The molecular formula is C25H29N3O6. The SMILES string of the molecule is COc1ccc([C@H]2/C(=C(\O)c3ccncc3)C(=O)C(=O)N2CCCN2CCOCC2)cc1OC. The highest BCUT2D eigenvalue weighted by atomic mass is 16.5. The molecule has 2 fully saturated rings. The molecule has 0 radical (unpaired) electrons. The first-order chi connectivity index (χ1) is 16.5. The van der Waals surface area contributed by atoms with Crippen LogP contribution in [0.1, 0.15) is 23.6 Å². The van der Waals surface area contributed by atoms with Gasteiger partial charge in [0.05, 0.1) is 39.0 Å². The minimum absolute atomic E-state index is 0.0507. The van der Waals surface area contributed by atoms with Crippen molar-refractivity contribution in [3.05, 3.63) is 59.4 Å². The third-order valence-corrected chi connectivity index (χ3v) is 6.19. The summed E-state index contributed by atoms with van der Waals surface area (Å²) in [6.45, 7) is 4.24. The van der Waals surface area contributed by atoms with E-state index in [-0.39, 0.29) is 11.3 Å². The van der Waals surface area contributed by atoms with E-state index >= 15 is 0 Å². The van der Waals surface area contributed by atoms with Crippen LogP contribution in [0.15, 0.2) is 48.3 Å². The Hall–Kier alpha value is -3.43. The second-order valence-corrected chi connectivity index (χ2v) is 8.15. The number of aliphatic hydroxyl groups excluding tert-OH is 1. The lowest BCUT2D eigenvalue weighted by molar-refractivity contribution is -0.140. The first-order valence-corrected chi connectivity index (χ1v) is 11.3. The van der Waals surface area contributed by atoms with E-state index in [1.165, 1.54) is 24.4 Å². The van der Waals surface area contributed by atoms with Crippen molar-refractivity contribution in [3.8, 4) is 11.5 Å². The Bertz CT molecular complexity index is 1070. The van der Waals surface area contributed by atoms with Crippen LogP contribution >= 0.6 is 0 Å². The number of methoxy groups -OCH3 is 2. The van der Waals surface area contributed by atoms with Gasteiger partial charge in [0, 0.05) is 44.1 Å². The Balaban J connectivity index is 1.70. The topological polar surface area (TPSA) is 101 Å². The van der Waals surface area contributed by atoms with Gasteiger partial charge in [-0.15, -0.1) is 0 Å². The molecule has 180 valence electrons. The summed E-state index contributed by atoms with van der Waals surface area (Å²) in [5, 5.41) is 11.1. The van der Waals surface area contributed by atoms with Gasteiger partial charge in [-0.1, -0.05) is 6.07 Å². The lowest BCUT2D eigenvalue weighted by atomic mass is 9.95. The molecule has 2 aliphatic heterocycles. The van der Waals surface area contributed by atoms with E-state index in [0.717, 1.165) is 19.6 Å². The first-order valence-electron chi connectivity index (χ1n) is 11.3. The summed E-state index contributed by atoms with van der Waals surface area (Å²) in [7, 11) is 3.07. The predicted molar refractivity (Wildman–Crippen MR) is 125 cm³/mol. The number of hydrogen-bond donors (Lipinski definition) is 1. The Morgan fingerprint density at radius 1 is 1.06 bits per heavy atom. The molecule has 0 spiro atoms. The Kier molecular flexibility index (Phi) is 7.44. The maximum absolute atomic E-state index is 13.1. The van der Waals surface area contributed by atoms with Crippen LogP contribution in [-0.4, -0.2) is 85.2 Å². The molecule has 1 amide bonds. The van der Waals surface area contributed by atoms with Gasteiger partial charge in [-0.2, -0.15) is 0 Å². The number of benzene rings is 1. The third kappa shape index (κ3) is 4.76. The number of likely N-dealkylation sites (tertiary alicyclic amines) is 1. The van der Waals surface area contributed by atoms with Crippen molar-refractivity contribution in [1.29, 1.82) is 0 Å². The minimum Gasteiger partial charge on any atom is -0.507 e. The van der Waals surface area contributed by atoms with Crippen molar-refractivity contribution >= 4 is 17.4 Å². The van der Waals surface area contributed by atoms with E-state index in [1.54, 1.807) is 37.4 Å². The molecule has 2 saturated heterocycles. The quantitative estimate of drug-likeness (QED) is 0.358. The Morgan fingerprint density at radius 3 is 2.44 bits per heavy atom. The van der Waals surface area contributed by atoms with E-state index in [0.29, 0.717) is 48.8 Å². The Labute approximate surface area is 198 Å². The number of pyridine rings is 1. The normalized spacial score (nSPS) is 20.5. The summed E-state index contributed by atoms with van der Waals surface area (Å²) in [5.74, 6) is -0.554. The van der Waals surface area contributed by atoms with Gasteiger partial charge in [0.2, 0.25) is 0 Å². The van der Waals surface area contributed by atoms with Gasteiger partial charge in [0.1, 0.15) is 5.76 Å². The van der Waals surface area contributed by atoms with Crippen LogP contribution in [0.2, 0.25) is 0 Å². The van der Waals surface area contributed by atoms with Crippen LogP contribution in [0.4, 0.5) is 0 Å². The number of ketones is 1. The number of aromatic nitrogens is 1. The van der Waals surface area contributed by atoms with E-state index in [9.17, 15) is 14.7 Å². The van der Waals surface area contributed by atoms with Gasteiger partial charge in [-0.05, 0) is 36.2 Å². The van der Waals surface area contributed by atoms with Crippen LogP contribution in [0, 0.1) is 0 Å². The van der Waals surface area contributed by atoms with Gasteiger partial charge in [-0.25, -0.2) is 0 Å². The monoisotopic (exact) mass is 467 g/mol. The summed E-state index contributed by atoms with van der Waals surface area (Å²) in [5.41, 5.74) is 1.13. The van der Waals surface area contributed by atoms with Crippen molar-refractivity contribution in [2.24, 2.45) is 0 Å². The number of nitrogens with zero attached hydrogens (tertiary/aromatic N) is 3. The zero-order valence-electron chi connectivity index (χ0n) is 19.4. The number of rotatable bonds is 8. The molecular weight excluding hydrogens is 438 g/mol. The van der Waals surface area contributed by atoms with E-state index < -0.39 is 17.7 Å². The molecule has 1 N–H and O–H groups in total. The Morgan fingerprint density at radius 2 is 1.76 bits per heavy atom. The standard InChI is InChI=1S/C25H29N3O6/c1-32-19-5-4-18(16-20(19)33-2)22-21(23(29)17-6-8-26-9-7-17)24(30)25(31)28(22)11-3-10-27-12-14-34-15-13-27/h4-9,16,22,29H,3,10-15H2,1-2H3/b23-21+/t22-/m0/s1. The number of amides is 1. The van der Waals surface area contributed by atoms with Crippen LogP contribution in [0.3, 0.4) is 0 Å². The highest BCUT2D eigenvalue weighted by Gasteiger charge is 2.46. The van der Waals surface area contributed by atoms with Gasteiger partial charge >= 0.3 is 0 Å². The average Bonchev–Trinajstić information content (AvgIpc) is 3.14. The van der Waals surface area contributed by atoms with E-state index in [2.05, 4.69) is 9.88 Å². The summed E-state index contributed by atoms with van der Waals surface area (Å²) in [6, 6.07) is 7.71. The number of carbonyl (C=O) groups excluding carboxylic acids is 2. The second kappa shape index (κ2) is 10.7. The molecule has 0 saturated carbocycles. The molecule has 9 heteroatoms. The smallest absolute Gasteiger partial charge is 0.295 e. The number of hydrogen-bond acceptors (Lipinski definition) is 8.